The van der Waals surface area contributed by atoms with Gasteiger partial charge in [-0.05, 0) is 51.4 Å². The summed E-state index contributed by atoms with van der Waals surface area (Å²) in [6.45, 7) is 1.44. The van der Waals surface area contributed by atoms with Gasteiger partial charge in [0.15, 0.2) is 17.1 Å². The van der Waals surface area contributed by atoms with Crippen molar-refractivity contribution in [2.75, 3.05) is 45.0 Å². The molecule has 4 atom stereocenters. The number of phenols is 1. The summed E-state index contributed by atoms with van der Waals surface area (Å²) in [5, 5.41) is 47.3. The second-order valence-corrected chi connectivity index (χ2v) is 10.7. The topological polar surface area (TPSA) is 220 Å². The Morgan fingerprint density at radius 1 is 1.15 bits per heavy atom. The number of aliphatic hydroxyl groups is 3. The number of likely N-dealkylation sites (N-methyl/N-ethyl adjacent to an activating group) is 1. The fourth-order valence-corrected chi connectivity index (χ4v) is 6.16. The van der Waals surface area contributed by atoms with Gasteiger partial charge in [0.05, 0.1) is 23.9 Å². The molecule has 0 bridgehead atoms. The van der Waals surface area contributed by atoms with Crippen molar-refractivity contribution in [3.8, 4) is 5.75 Å². The summed E-state index contributed by atoms with van der Waals surface area (Å²) in [7, 11) is 6.41. The van der Waals surface area contributed by atoms with Crippen LogP contribution in [-0.4, -0.2) is 101 Å². The first-order valence-corrected chi connectivity index (χ1v) is 12.8. The minimum Gasteiger partial charge on any atom is -0.510 e. The minimum atomic E-state index is -2.78. The largest absolute Gasteiger partial charge is 0.510 e. The maximum absolute atomic E-state index is 14.0. The molecule has 1 aromatic rings. The van der Waals surface area contributed by atoms with Gasteiger partial charge in [0, 0.05) is 31.3 Å². The van der Waals surface area contributed by atoms with Crippen LogP contribution in [0.25, 0.3) is 0 Å². The number of aliphatic hydroxyl groups excluding tert-OH is 2. The third-order valence-corrected chi connectivity index (χ3v) is 7.89. The number of esters is 1. The molecule has 0 saturated carbocycles. The molecule has 0 aliphatic heterocycles. The van der Waals surface area contributed by atoms with E-state index in [2.05, 4.69) is 10.1 Å². The lowest BCUT2D eigenvalue weighted by atomic mass is 9.58. The second-order valence-electron chi connectivity index (χ2n) is 10.7. The van der Waals surface area contributed by atoms with Crippen molar-refractivity contribution in [2.24, 2.45) is 17.6 Å². The number of hydrogen-bond acceptors (Lipinski definition) is 12. The molecule has 0 aromatic heterocycles. The molecular formula is C27H32N4O10. The summed E-state index contributed by atoms with van der Waals surface area (Å²) < 4.78 is 4.67. The van der Waals surface area contributed by atoms with E-state index in [9.17, 15) is 44.4 Å². The molecule has 0 heterocycles. The zero-order valence-corrected chi connectivity index (χ0v) is 23.1. The van der Waals surface area contributed by atoms with Crippen molar-refractivity contribution in [3.05, 3.63) is 39.9 Å². The highest BCUT2D eigenvalue weighted by Gasteiger charge is 2.63. The van der Waals surface area contributed by atoms with Crippen molar-refractivity contribution in [2.45, 2.75) is 31.4 Å². The van der Waals surface area contributed by atoms with Crippen LogP contribution in [0.5, 0.6) is 5.75 Å². The van der Waals surface area contributed by atoms with Crippen LogP contribution in [0, 0.1) is 11.8 Å². The number of hydrogen-bond donors (Lipinski definition) is 6. The van der Waals surface area contributed by atoms with Gasteiger partial charge in [-0.25, -0.2) is 4.79 Å². The van der Waals surface area contributed by atoms with E-state index in [1.54, 1.807) is 33.1 Å². The van der Waals surface area contributed by atoms with Gasteiger partial charge in [0.2, 0.25) is 5.78 Å². The van der Waals surface area contributed by atoms with Crippen LogP contribution >= 0.6 is 0 Å². The summed E-state index contributed by atoms with van der Waals surface area (Å²) in [5.41, 5.74) is 1.49. The molecule has 2 amide bonds. The third kappa shape index (κ3) is 4.30. The zero-order valence-electron chi connectivity index (χ0n) is 23.1. The number of carbonyl (C=O) groups is 5. The Bertz CT molecular complexity index is 1460. The first kappa shape index (κ1) is 29.6. The predicted octanol–water partition coefficient (Wildman–Crippen LogP) is -0.312. The number of rotatable bonds is 5. The molecule has 220 valence electrons. The highest BCUT2D eigenvalue weighted by atomic mass is 16.5. The number of carbonyl (C=O) groups excluding carboxylic acids is 5. The zero-order chi connectivity index (χ0) is 30.7. The highest BCUT2D eigenvalue weighted by molar-refractivity contribution is 6.37. The number of aromatic hydroxyl groups is 1. The smallest absolute Gasteiger partial charge is 0.397 e. The highest BCUT2D eigenvalue weighted by Crippen LogP contribution is 2.53. The fraction of sp³-hybridized carbons (Fsp3) is 0.444. The molecule has 14 heteroatoms. The number of ether oxygens (including phenoxy) is 1. The van der Waals surface area contributed by atoms with E-state index in [4.69, 9.17) is 5.73 Å². The van der Waals surface area contributed by atoms with Crippen LogP contribution in [0.2, 0.25) is 0 Å². The van der Waals surface area contributed by atoms with E-state index in [1.165, 1.54) is 17.9 Å². The molecule has 1 aromatic carbocycles. The number of nitrogens with two attached hydrogens (primary N) is 1. The van der Waals surface area contributed by atoms with Gasteiger partial charge in [-0.1, -0.05) is 0 Å². The quantitative estimate of drug-likeness (QED) is 0.116. The number of fused-ring (bicyclic) bond motifs is 3. The van der Waals surface area contributed by atoms with Crippen LogP contribution < -0.4 is 16.0 Å². The number of anilines is 2. The summed E-state index contributed by atoms with van der Waals surface area (Å²) in [6.07, 6.45) is -0.0115. The summed E-state index contributed by atoms with van der Waals surface area (Å²) in [5.74, 6) is -10.3. The first-order chi connectivity index (χ1) is 19.1. The molecule has 14 nitrogen and oxygen atoms in total. The van der Waals surface area contributed by atoms with Gasteiger partial charge < -0.3 is 41.1 Å². The summed E-state index contributed by atoms with van der Waals surface area (Å²) in [6, 6.07) is 0.273. The van der Waals surface area contributed by atoms with E-state index < -0.39 is 75.7 Å². The molecule has 41 heavy (non-hydrogen) atoms. The molecule has 4 unspecified atom stereocenters. The number of primary amides is 1. The van der Waals surface area contributed by atoms with Gasteiger partial charge >= 0.3 is 11.9 Å². The normalized spacial score (nSPS) is 25.4. The Morgan fingerprint density at radius 2 is 1.78 bits per heavy atom. The number of phenolic OH excluding ortho intramolecular Hbond substituents is 1. The lowest BCUT2D eigenvalue weighted by Gasteiger charge is -2.50. The average Bonchev–Trinajstić information content (AvgIpc) is 2.87. The maximum atomic E-state index is 14.0. The number of ketones is 2. The van der Waals surface area contributed by atoms with E-state index in [0.29, 0.717) is 11.3 Å². The van der Waals surface area contributed by atoms with Crippen molar-refractivity contribution < 1.29 is 49.1 Å². The van der Waals surface area contributed by atoms with Crippen LogP contribution in [0.3, 0.4) is 0 Å². The Labute approximate surface area is 234 Å². The number of nitrogens with zero attached hydrogens (tertiary/aromatic N) is 2. The van der Waals surface area contributed by atoms with Crippen LogP contribution in [0.15, 0.2) is 28.7 Å². The van der Waals surface area contributed by atoms with Gasteiger partial charge in [0.25, 0.3) is 5.91 Å². The Balaban J connectivity index is 1.92. The number of amides is 2. The molecular weight excluding hydrogens is 540 g/mol. The van der Waals surface area contributed by atoms with E-state index in [-0.39, 0.29) is 36.3 Å². The van der Waals surface area contributed by atoms with E-state index >= 15 is 0 Å². The van der Waals surface area contributed by atoms with Crippen LogP contribution in [0.1, 0.15) is 29.3 Å². The van der Waals surface area contributed by atoms with Crippen molar-refractivity contribution in [1.29, 1.82) is 0 Å². The molecule has 0 fully saturated rings. The standard InChI is InChI=1S/C27H32N4O10/c1-6-41-26(39)25(38)29-13-9-14(30(2)3)11-7-10-8-12-18(31(4)5)21(34)17(24(28)37)23(36)27(12,40)22(35)15(10)20(33)16(11)19(13)32/h9-10,12,18,32,34-35,40H,6-8H2,1-5H3,(H2,28,37)(H,29,38). The summed E-state index contributed by atoms with van der Waals surface area (Å²) in [4.78, 5) is 66.8. The molecule has 0 radical (unpaired) electrons. The Kier molecular flexibility index (Phi) is 7.35. The van der Waals surface area contributed by atoms with Crippen molar-refractivity contribution in [1.82, 2.24) is 4.90 Å². The Morgan fingerprint density at radius 3 is 2.32 bits per heavy atom. The molecule has 7 N–H and O–H groups in total. The van der Waals surface area contributed by atoms with Crippen LogP contribution in [0.4, 0.5) is 11.4 Å². The van der Waals surface area contributed by atoms with Gasteiger partial charge in [-0.15, -0.1) is 0 Å². The van der Waals surface area contributed by atoms with Crippen molar-refractivity contribution in [3.63, 3.8) is 0 Å². The second kappa shape index (κ2) is 10.2. The van der Waals surface area contributed by atoms with Gasteiger partial charge in [0.1, 0.15) is 17.1 Å². The monoisotopic (exact) mass is 572 g/mol. The SMILES string of the molecule is CCOC(=O)C(=O)Nc1cc(N(C)C)c2c(c1O)C(=O)C1=C(O)C3(O)C(=O)C(C(N)=O)=C(O)C(N(C)C)C3CC1C2. The lowest BCUT2D eigenvalue weighted by Crippen LogP contribution is -2.63. The van der Waals surface area contributed by atoms with Gasteiger partial charge in [-0.3, -0.25) is 24.1 Å². The van der Waals surface area contributed by atoms with E-state index in [0.717, 1.165) is 0 Å². The lowest BCUT2D eigenvalue weighted by molar-refractivity contribution is -0.152. The maximum Gasteiger partial charge on any atom is 0.397 e. The average molecular weight is 573 g/mol. The van der Waals surface area contributed by atoms with Gasteiger partial charge in [-0.2, -0.15) is 0 Å². The third-order valence-electron chi connectivity index (χ3n) is 7.89. The molecule has 3 aliphatic rings. The minimum absolute atomic E-state index is 0.0573. The molecule has 4 rings (SSSR count). The van der Waals surface area contributed by atoms with Crippen molar-refractivity contribution >= 4 is 40.7 Å². The predicted molar refractivity (Wildman–Crippen MR) is 143 cm³/mol. The molecule has 0 spiro atoms. The number of benzene rings is 1. The Hall–Kier alpha value is -4.43. The molecule has 3 aliphatic carbocycles. The number of nitrogens with one attached hydrogen (secondary N) is 1. The summed E-state index contributed by atoms with van der Waals surface area (Å²) >= 11 is 0. The number of Topliss-reactive ketones (excluding diaryl/α,β-unsaturated/α-hetero) is 2. The van der Waals surface area contributed by atoms with Crippen LogP contribution in [-0.2, 0) is 30.3 Å². The number of allylic oxidation sites excluding steroid dienone is 1. The fourth-order valence-electron chi connectivity index (χ4n) is 6.16. The van der Waals surface area contributed by atoms with E-state index in [1.807, 2.05) is 0 Å². The first-order valence-electron chi connectivity index (χ1n) is 12.8. The molecule has 0 saturated heterocycles.